The topological polar surface area (TPSA) is 44.4 Å². The van der Waals surface area contributed by atoms with Gasteiger partial charge in [-0.1, -0.05) is 19.8 Å². The number of carbonyl (C=O) groups is 1. The van der Waals surface area contributed by atoms with Crippen LogP contribution in [-0.2, 0) is 4.79 Å². The summed E-state index contributed by atoms with van der Waals surface area (Å²) in [6.45, 7) is 4.99. The van der Waals surface area contributed by atoms with E-state index in [1.54, 1.807) is 0 Å². The van der Waals surface area contributed by atoms with Crippen molar-refractivity contribution in [3.63, 3.8) is 0 Å². The standard InChI is InChI=1S/C19H29N3O/c1-15-10-12-22(13-11-15)18-8-6-16(7-9-18)20-14-19(23)21-17-4-2-3-5-17/h6-9,15,17,20H,2-5,10-14H2,1H3,(H,21,23). The minimum Gasteiger partial charge on any atom is -0.376 e. The molecule has 1 aromatic rings. The lowest BCUT2D eigenvalue weighted by atomic mass is 9.99. The summed E-state index contributed by atoms with van der Waals surface area (Å²) in [5, 5.41) is 6.33. The number of piperidine rings is 1. The van der Waals surface area contributed by atoms with Crippen LogP contribution in [0.5, 0.6) is 0 Å². The molecule has 3 rings (SSSR count). The van der Waals surface area contributed by atoms with E-state index >= 15 is 0 Å². The van der Waals surface area contributed by atoms with Crippen molar-refractivity contribution >= 4 is 17.3 Å². The van der Waals surface area contributed by atoms with Gasteiger partial charge in [0.25, 0.3) is 0 Å². The number of rotatable bonds is 5. The second-order valence-corrected chi connectivity index (χ2v) is 7.12. The lowest BCUT2D eigenvalue weighted by Gasteiger charge is -2.32. The highest BCUT2D eigenvalue weighted by Gasteiger charge is 2.17. The molecule has 1 amide bonds. The molecule has 0 aromatic heterocycles. The fraction of sp³-hybridized carbons (Fsp3) is 0.632. The summed E-state index contributed by atoms with van der Waals surface area (Å²) in [5.74, 6) is 0.955. The SMILES string of the molecule is CC1CCN(c2ccc(NCC(=O)NC3CCCC3)cc2)CC1. The number of nitrogens with one attached hydrogen (secondary N) is 2. The molecule has 1 saturated heterocycles. The largest absolute Gasteiger partial charge is 0.376 e. The fourth-order valence-corrected chi connectivity index (χ4v) is 3.59. The lowest BCUT2D eigenvalue weighted by molar-refractivity contribution is -0.120. The third kappa shape index (κ3) is 4.63. The Morgan fingerprint density at radius 2 is 1.74 bits per heavy atom. The molecule has 2 aliphatic rings. The molecule has 1 saturated carbocycles. The number of anilines is 2. The van der Waals surface area contributed by atoms with Crippen molar-refractivity contribution < 1.29 is 4.79 Å². The van der Waals surface area contributed by atoms with Crippen LogP contribution in [0.25, 0.3) is 0 Å². The van der Waals surface area contributed by atoms with Crippen molar-refractivity contribution in [1.29, 1.82) is 0 Å². The molecule has 1 aromatic carbocycles. The Balaban J connectivity index is 1.44. The maximum Gasteiger partial charge on any atom is 0.239 e. The van der Waals surface area contributed by atoms with Gasteiger partial charge < -0.3 is 15.5 Å². The zero-order chi connectivity index (χ0) is 16.1. The van der Waals surface area contributed by atoms with Gasteiger partial charge in [-0.15, -0.1) is 0 Å². The van der Waals surface area contributed by atoms with Crippen LogP contribution in [0.3, 0.4) is 0 Å². The highest BCUT2D eigenvalue weighted by molar-refractivity contribution is 5.81. The molecule has 126 valence electrons. The van der Waals surface area contributed by atoms with Crippen LogP contribution in [0, 0.1) is 5.92 Å². The highest BCUT2D eigenvalue weighted by atomic mass is 16.1. The first kappa shape index (κ1) is 16.2. The predicted molar refractivity (Wildman–Crippen MR) is 95.9 cm³/mol. The van der Waals surface area contributed by atoms with Gasteiger partial charge in [0.1, 0.15) is 0 Å². The molecule has 4 heteroatoms. The first-order valence-electron chi connectivity index (χ1n) is 9.09. The van der Waals surface area contributed by atoms with E-state index in [2.05, 4.69) is 46.7 Å². The van der Waals surface area contributed by atoms with Crippen LogP contribution >= 0.6 is 0 Å². The molecule has 2 fully saturated rings. The van der Waals surface area contributed by atoms with Gasteiger partial charge in [-0.3, -0.25) is 4.79 Å². The van der Waals surface area contributed by atoms with E-state index in [1.165, 1.54) is 31.4 Å². The molecule has 23 heavy (non-hydrogen) atoms. The van der Waals surface area contributed by atoms with Gasteiger partial charge in [-0.05, 0) is 55.9 Å². The number of hydrogen-bond donors (Lipinski definition) is 2. The van der Waals surface area contributed by atoms with E-state index in [0.29, 0.717) is 12.6 Å². The molecule has 4 nitrogen and oxygen atoms in total. The molecule has 1 heterocycles. The first-order valence-corrected chi connectivity index (χ1v) is 9.09. The Hall–Kier alpha value is -1.71. The second-order valence-electron chi connectivity index (χ2n) is 7.12. The molecule has 0 atom stereocenters. The summed E-state index contributed by atoms with van der Waals surface area (Å²) in [7, 11) is 0. The Morgan fingerprint density at radius 3 is 2.39 bits per heavy atom. The minimum atomic E-state index is 0.103. The van der Waals surface area contributed by atoms with E-state index in [1.807, 2.05) is 0 Å². The van der Waals surface area contributed by atoms with Crippen molar-refractivity contribution in [1.82, 2.24) is 5.32 Å². The third-order valence-electron chi connectivity index (χ3n) is 5.19. The molecule has 0 bridgehead atoms. The van der Waals surface area contributed by atoms with Gasteiger partial charge in [-0.25, -0.2) is 0 Å². The van der Waals surface area contributed by atoms with Crippen molar-refractivity contribution in [2.75, 3.05) is 29.9 Å². The van der Waals surface area contributed by atoms with E-state index in [-0.39, 0.29) is 5.91 Å². The monoisotopic (exact) mass is 315 g/mol. The average Bonchev–Trinajstić information content (AvgIpc) is 3.07. The number of nitrogens with zero attached hydrogens (tertiary/aromatic N) is 1. The molecule has 1 aliphatic carbocycles. The van der Waals surface area contributed by atoms with Crippen LogP contribution in [0.1, 0.15) is 45.4 Å². The van der Waals surface area contributed by atoms with Crippen LogP contribution < -0.4 is 15.5 Å². The summed E-state index contributed by atoms with van der Waals surface area (Å²) in [4.78, 5) is 14.4. The van der Waals surface area contributed by atoms with Gasteiger partial charge in [0.15, 0.2) is 0 Å². The third-order valence-corrected chi connectivity index (χ3v) is 5.19. The van der Waals surface area contributed by atoms with Gasteiger partial charge in [0.2, 0.25) is 5.91 Å². The van der Waals surface area contributed by atoms with Crippen molar-refractivity contribution in [2.45, 2.75) is 51.5 Å². The van der Waals surface area contributed by atoms with Crippen LogP contribution in [0.2, 0.25) is 0 Å². The Kier molecular flexibility index (Phi) is 5.42. The summed E-state index contributed by atoms with van der Waals surface area (Å²) in [5.41, 5.74) is 2.30. The number of carbonyl (C=O) groups excluding carboxylic acids is 1. The average molecular weight is 315 g/mol. The maximum absolute atomic E-state index is 11.9. The summed E-state index contributed by atoms with van der Waals surface area (Å²) in [6, 6.07) is 8.88. The molecule has 2 N–H and O–H groups in total. The van der Waals surface area contributed by atoms with E-state index in [4.69, 9.17) is 0 Å². The Bertz CT molecular complexity index is 500. The highest BCUT2D eigenvalue weighted by Crippen LogP contribution is 2.24. The Morgan fingerprint density at radius 1 is 1.09 bits per heavy atom. The minimum absolute atomic E-state index is 0.103. The summed E-state index contributed by atoms with van der Waals surface area (Å²) >= 11 is 0. The van der Waals surface area contributed by atoms with Crippen molar-refractivity contribution in [2.24, 2.45) is 5.92 Å². The predicted octanol–water partition coefficient (Wildman–Crippen LogP) is 3.39. The molecule has 0 radical (unpaired) electrons. The molecular weight excluding hydrogens is 286 g/mol. The summed E-state index contributed by atoms with van der Waals surface area (Å²) in [6.07, 6.45) is 7.32. The Labute approximate surface area is 139 Å². The van der Waals surface area contributed by atoms with E-state index in [9.17, 15) is 4.79 Å². The van der Waals surface area contributed by atoms with Crippen LogP contribution in [-0.4, -0.2) is 31.6 Å². The van der Waals surface area contributed by atoms with Crippen LogP contribution in [0.4, 0.5) is 11.4 Å². The smallest absolute Gasteiger partial charge is 0.239 e. The lowest BCUT2D eigenvalue weighted by Crippen LogP contribution is -2.36. The van der Waals surface area contributed by atoms with E-state index < -0.39 is 0 Å². The fourth-order valence-electron chi connectivity index (χ4n) is 3.59. The second kappa shape index (κ2) is 7.71. The van der Waals surface area contributed by atoms with Gasteiger partial charge >= 0.3 is 0 Å². The number of hydrogen-bond acceptors (Lipinski definition) is 3. The van der Waals surface area contributed by atoms with Gasteiger partial charge in [0.05, 0.1) is 6.54 Å². The van der Waals surface area contributed by atoms with Gasteiger partial charge in [0, 0.05) is 30.5 Å². The quantitative estimate of drug-likeness (QED) is 0.875. The summed E-state index contributed by atoms with van der Waals surface area (Å²) < 4.78 is 0. The van der Waals surface area contributed by atoms with Crippen molar-refractivity contribution in [3.05, 3.63) is 24.3 Å². The van der Waals surface area contributed by atoms with Gasteiger partial charge in [-0.2, -0.15) is 0 Å². The molecule has 0 spiro atoms. The maximum atomic E-state index is 11.9. The molecule has 0 unspecified atom stereocenters. The van der Waals surface area contributed by atoms with E-state index in [0.717, 1.165) is 37.5 Å². The zero-order valence-electron chi connectivity index (χ0n) is 14.2. The van der Waals surface area contributed by atoms with Crippen LogP contribution in [0.15, 0.2) is 24.3 Å². The van der Waals surface area contributed by atoms with Crippen molar-refractivity contribution in [3.8, 4) is 0 Å². The normalized spacial score (nSPS) is 19.8. The molecular formula is C19H29N3O. The number of benzene rings is 1. The number of amides is 1. The first-order chi connectivity index (χ1) is 11.2. The zero-order valence-corrected chi connectivity index (χ0v) is 14.2. The molecule has 1 aliphatic heterocycles.